The van der Waals surface area contributed by atoms with Gasteiger partial charge in [0, 0.05) is 22.7 Å². The molecule has 21 heavy (non-hydrogen) atoms. The van der Waals surface area contributed by atoms with Crippen LogP contribution >= 0.6 is 11.6 Å². The Balaban J connectivity index is 2.03. The number of amides is 1. The zero-order chi connectivity index (χ0) is 15.0. The molecule has 0 aliphatic carbocycles. The van der Waals surface area contributed by atoms with E-state index in [9.17, 15) is 9.90 Å². The number of rotatable bonds is 1. The lowest BCUT2D eigenvalue weighted by Gasteiger charge is -2.38. The number of fused-ring (bicyclic) bond motifs is 1. The SMILES string of the molecule is CC1(O)CCN(C(=O)c2cccc(Cl)c2)c2ccccc21. The van der Waals surface area contributed by atoms with Crippen molar-refractivity contribution < 1.29 is 9.90 Å². The van der Waals surface area contributed by atoms with Crippen LogP contribution in [0.4, 0.5) is 5.69 Å². The van der Waals surface area contributed by atoms with E-state index in [1.165, 1.54) is 0 Å². The van der Waals surface area contributed by atoms with Crippen molar-refractivity contribution in [1.82, 2.24) is 0 Å². The quantitative estimate of drug-likeness (QED) is 0.874. The molecule has 2 aromatic rings. The molecule has 0 spiro atoms. The van der Waals surface area contributed by atoms with Crippen molar-refractivity contribution in [1.29, 1.82) is 0 Å². The highest BCUT2D eigenvalue weighted by Gasteiger charge is 2.35. The molecular weight excluding hydrogens is 286 g/mol. The molecule has 1 aliphatic heterocycles. The average Bonchev–Trinajstić information content (AvgIpc) is 2.47. The van der Waals surface area contributed by atoms with Crippen LogP contribution in [0.1, 0.15) is 29.3 Å². The van der Waals surface area contributed by atoms with Crippen LogP contribution < -0.4 is 4.90 Å². The predicted octanol–water partition coefficient (Wildman–Crippen LogP) is 3.60. The van der Waals surface area contributed by atoms with Crippen LogP contribution in [0.15, 0.2) is 48.5 Å². The Labute approximate surface area is 128 Å². The minimum atomic E-state index is -0.901. The molecule has 1 atom stereocenters. The van der Waals surface area contributed by atoms with Gasteiger partial charge in [-0.15, -0.1) is 0 Å². The van der Waals surface area contributed by atoms with Gasteiger partial charge < -0.3 is 10.0 Å². The van der Waals surface area contributed by atoms with E-state index in [1.807, 2.05) is 24.3 Å². The zero-order valence-corrected chi connectivity index (χ0v) is 12.5. The van der Waals surface area contributed by atoms with Gasteiger partial charge in [0.25, 0.3) is 5.91 Å². The fourth-order valence-electron chi connectivity index (χ4n) is 2.74. The van der Waals surface area contributed by atoms with Crippen LogP contribution in [0.3, 0.4) is 0 Å². The van der Waals surface area contributed by atoms with Gasteiger partial charge in [-0.25, -0.2) is 0 Å². The molecule has 0 fully saturated rings. The molecule has 1 aliphatic rings. The summed E-state index contributed by atoms with van der Waals surface area (Å²) >= 11 is 5.96. The van der Waals surface area contributed by atoms with Crippen molar-refractivity contribution >= 4 is 23.2 Å². The summed E-state index contributed by atoms with van der Waals surface area (Å²) in [5.74, 6) is -0.0968. The topological polar surface area (TPSA) is 40.5 Å². The lowest BCUT2D eigenvalue weighted by atomic mass is 9.87. The van der Waals surface area contributed by atoms with Gasteiger partial charge in [0.15, 0.2) is 0 Å². The monoisotopic (exact) mass is 301 g/mol. The maximum absolute atomic E-state index is 12.7. The third kappa shape index (κ3) is 2.55. The molecule has 0 saturated heterocycles. The summed E-state index contributed by atoms with van der Waals surface area (Å²) in [5.41, 5.74) is 1.20. The number of carbonyl (C=O) groups excluding carboxylic acids is 1. The predicted molar refractivity (Wildman–Crippen MR) is 83.8 cm³/mol. The molecule has 3 nitrogen and oxygen atoms in total. The number of carbonyl (C=O) groups is 1. The number of halogens is 1. The van der Waals surface area contributed by atoms with Gasteiger partial charge in [-0.2, -0.15) is 0 Å². The van der Waals surface area contributed by atoms with Crippen LogP contribution in [0.5, 0.6) is 0 Å². The molecule has 1 heterocycles. The van der Waals surface area contributed by atoms with E-state index in [0.717, 1.165) is 11.3 Å². The van der Waals surface area contributed by atoms with Crippen molar-refractivity contribution in [3.05, 3.63) is 64.7 Å². The van der Waals surface area contributed by atoms with E-state index in [1.54, 1.807) is 36.1 Å². The number of nitrogens with zero attached hydrogens (tertiary/aromatic N) is 1. The maximum Gasteiger partial charge on any atom is 0.258 e. The number of benzene rings is 2. The summed E-state index contributed by atoms with van der Waals surface area (Å²) in [6, 6.07) is 14.4. The number of anilines is 1. The summed E-state index contributed by atoms with van der Waals surface area (Å²) in [5, 5.41) is 11.0. The van der Waals surface area contributed by atoms with Crippen molar-refractivity contribution in [3.8, 4) is 0 Å². The number of hydrogen-bond donors (Lipinski definition) is 1. The molecule has 2 aromatic carbocycles. The fourth-order valence-corrected chi connectivity index (χ4v) is 2.93. The lowest BCUT2D eigenvalue weighted by molar-refractivity contribution is 0.0450. The summed E-state index contributed by atoms with van der Waals surface area (Å²) in [7, 11) is 0. The first-order chi connectivity index (χ1) is 9.99. The van der Waals surface area contributed by atoms with Crippen LogP contribution in [0.2, 0.25) is 5.02 Å². The minimum Gasteiger partial charge on any atom is -0.385 e. The van der Waals surface area contributed by atoms with E-state index in [4.69, 9.17) is 11.6 Å². The summed E-state index contributed by atoms with van der Waals surface area (Å²) in [4.78, 5) is 14.4. The summed E-state index contributed by atoms with van der Waals surface area (Å²) < 4.78 is 0. The second-order valence-corrected chi connectivity index (χ2v) is 5.94. The highest BCUT2D eigenvalue weighted by Crippen LogP contribution is 2.38. The Bertz CT molecular complexity index is 697. The normalized spacial score (nSPS) is 21.0. The number of para-hydroxylation sites is 1. The third-order valence-electron chi connectivity index (χ3n) is 3.91. The molecule has 1 unspecified atom stereocenters. The molecular formula is C17H16ClNO2. The van der Waals surface area contributed by atoms with Gasteiger partial charge in [0.1, 0.15) is 0 Å². The van der Waals surface area contributed by atoms with E-state index >= 15 is 0 Å². The van der Waals surface area contributed by atoms with Gasteiger partial charge in [-0.05, 0) is 37.6 Å². The highest BCUT2D eigenvalue weighted by atomic mass is 35.5. The molecule has 0 bridgehead atoms. The van der Waals surface area contributed by atoms with Gasteiger partial charge in [-0.3, -0.25) is 4.79 Å². The zero-order valence-electron chi connectivity index (χ0n) is 11.7. The molecule has 4 heteroatoms. The van der Waals surface area contributed by atoms with Crippen molar-refractivity contribution in [2.24, 2.45) is 0 Å². The Morgan fingerprint density at radius 3 is 2.76 bits per heavy atom. The maximum atomic E-state index is 12.7. The minimum absolute atomic E-state index is 0.0968. The van der Waals surface area contributed by atoms with Crippen LogP contribution in [0, 0.1) is 0 Å². The standard InChI is InChI=1S/C17H16ClNO2/c1-17(21)9-10-19(15-8-3-2-7-14(15)17)16(20)12-5-4-6-13(18)11-12/h2-8,11,21H,9-10H2,1H3. The smallest absolute Gasteiger partial charge is 0.258 e. The fraction of sp³-hybridized carbons (Fsp3) is 0.235. The first-order valence-electron chi connectivity index (χ1n) is 6.88. The van der Waals surface area contributed by atoms with Crippen molar-refractivity contribution in [2.75, 3.05) is 11.4 Å². The Kier molecular flexibility index (Phi) is 3.47. The Morgan fingerprint density at radius 1 is 1.24 bits per heavy atom. The largest absolute Gasteiger partial charge is 0.385 e. The molecule has 0 aromatic heterocycles. The van der Waals surface area contributed by atoms with Crippen LogP contribution in [-0.4, -0.2) is 17.6 Å². The molecule has 108 valence electrons. The number of aliphatic hydroxyl groups is 1. The first-order valence-corrected chi connectivity index (χ1v) is 7.26. The molecule has 1 amide bonds. The lowest BCUT2D eigenvalue weighted by Crippen LogP contribution is -2.42. The van der Waals surface area contributed by atoms with Crippen LogP contribution in [-0.2, 0) is 5.60 Å². The molecule has 3 rings (SSSR count). The second-order valence-electron chi connectivity index (χ2n) is 5.51. The van der Waals surface area contributed by atoms with E-state index in [-0.39, 0.29) is 5.91 Å². The van der Waals surface area contributed by atoms with E-state index in [0.29, 0.717) is 23.6 Å². The Hall–Kier alpha value is -1.84. The van der Waals surface area contributed by atoms with Crippen LogP contribution in [0.25, 0.3) is 0 Å². The Morgan fingerprint density at radius 2 is 2.00 bits per heavy atom. The van der Waals surface area contributed by atoms with Crippen molar-refractivity contribution in [3.63, 3.8) is 0 Å². The van der Waals surface area contributed by atoms with Gasteiger partial charge in [-0.1, -0.05) is 35.9 Å². The summed E-state index contributed by atoms with van der Waals surface area (Å²) in [6.45, 7) is 2.27. The number of hydrogen-bond acceptors (Lipinski definition) is 2. The molecule has 0 radical (unpaired) electrons. The van der Waals surface area contributed by atoms with Gasteiger partial charge in [0.2, 0.25) is 0 Å². The highest BCUT2D eigenvalue weighted by molar-refractivity contribution is 6.31. The second kappa shape index (κ2) is 5.17. The average molecular weight is 302 g/mol. The molecule has 1 N–H and O–H groups in total. The first kappa shape index (κ1) is 14.1. The van der Waals surface area contributed by atoms with Crippen molar-refractivity contribution in [2.45, 2.75) is 18.9 Å². The summed E-state index contributed by atoms with van der Waals surface area (Å²) in [6.07, 6.45) is 0.510. The van der Waals surface area contributed by atoms with E-state index in [2.05, 4.69) is 0 Å². The van der Waals surface area contributed by atoms with Gasteiger partial charge in [0.05, 0.1) is 11.3 Å². The van der Waals surface area contributed by atoms with Gasteiger partial charge >= 0.3 is 0 Å². The third-order valence-corrected chi connectivity index (χ3v) is 4.15. The van der Waals surface area contributed by atoms with E-state index < -0.39 is 5.60 Å². The molecule has 0 saturated carbocycles.